The van der Waals surface area contributed by atoms with Gasteiger partial charge in [0.2, 0.25) is 0 Å². The van der Waals surface area contributed by atoms with Crippen LogP contribution in [0.2, 0.25) is 0 Å². The first-order valence-electron chi connectivity index (χ1n) is 8.64. The number of pyridine rings is 1. The summed E-state index contributed by atoms with van der Waals surface area (Å²) in [5.41, 5.74) is 3.39. The van der Waals surface area contributed by atoms with Crippen molar-refractivity contribution >= 4 is 10.2 Å². The molecule has 0 aliphatic carbocycles. The van der Waals surface area contributed by atoms with Crippen LogP contribution in [0.15, 0.2) is 48.5 Å². The molecular formula is C19H25N3O2S. The second-order valence-corrected chi connectivity index (χ2v) is 8.82. The number of rotatable bonds is 5. The number of nitrogens with zero attached hydrogens (tertiary/aromatic N) is 3. The number of piperidine rings is 1. The lowest BCUT2D eigenvalue weighted by atomic mass is 9.94. The summed E-state index contributed by atoms with van der Waals surface area (Å²) in [6.45, 7) is 1.10. The lowest BCUT2D eigenvalue weighted by Crippen LogP contribution is -2.44. The molecule has 2 heterocycles. The molecule has 0 spiro atoms. The van der Waals surface area contributed by atoms with E-state index in [-0.39, 0.29) is 0 Å². The average molecular weight is 359 g/mol. The standard InChI is InChI=1S/C19H25N3O2S/c1-21(2)25(23,24)22-13-11-17(12-14-22)19-10-6-9-18(20-19)15-16-7-4-3-5-8-16/h3-10,17H,11-15H2,1-2H3. The van der Waals surface area contributed by atoms with Crippen molar-refractivity contribution in [2.45, 2.75) is 25.2 Å². The number of hydrogen-bond acceptors (Lipinski definition) is 3. The van der Waals surface area contributed by atoms with Crippen molar-refractivity contribution in [1.82, 2.24) is 13.6 Å². The molecule has 0 radical (unpaired) electrons. The van der Waals surface area contributed by atoms with E-state index in [0.29, 0.717) is 19.0 Å². The average Bonchev–Trinajstić information content (AvgIpc) is 2.63. The van der Waals surface area contributed by atoms with Gasteiger partial charge in [-0.05, 0) is 30.5 Å². The van der Waals surface area contributed by atoms with Crippen LogP contribution in [0.3, 0.4) is 0 Å². The lowest BCUT2D eigenvalue weighted by Gasteiger charge is -2.32. The molecule has 1 aromatic carbocycles. The van der Waals surface area contributed by atoms with E-state index >= 15 is 0 Å². The van der Waals surface area contributed by atoms with E-state index in [1.165, 1.54) is 9.87 Å². The number of hydrogen-bond donors (Lipinski definition) is 0. The minimum absolute atomic E-state index is 0.323. The van der Waals surface area contributed by atoms with Gasteiger partial charge in [-0.3, -0.25) is 4.98 Å². The Morgan fingerprint density at radius 3 is 2.36 bits per heavy atom. The molecule has 134 valence electrons. The summed E-state index contributed by atoms with van der Waals surface area (Å²) in [7, 11) is -0.149. The first-order valence-corrected chi connectivity index (χ1v) is 10.0. The summed E-state index contributed by atoms with van der Waals surface area (Å²) in [4.78, 5) is 4.84. The Labute approximate surface area is 150 Å². The van der Waals surface area contributed by atoms with Crippen LogP contribution in [0.5, 0.6) is 0 Å². The predicted octanol–water partition coefficient (Wildman–Crippen LogP) is 2.66. The Morgan fingerprint density at radius 1 is 1.04 bits per heavy atom. The van der Waals surface area contributed by atoms with Gasteiger partial charge >= 0.3 is 0 Å². The highest BCUT2D eigenvalue weighted by Crippen LogP contribution is 2.28. The van der Waals surface area contributed by atoms with Crippen LogP contribution in [0.1, 0.15) is 35.7 Å². The van der Waals surface area contributed by atoms with E-state index in [2.05, 4.69) is 30.3 Å². The molecule has 3 rings (SSSR count). The zero-order valence-corrected chi connectivity index (χ0v) is 15.6. The molecular weight excluding hydrogens is 334 g/mol. The second-order valence-electron chi connectivity index (χ2n) is 6.68. The van der Waals surface area contributed by atoms with Crippen LogP contribution in [-0.2, 0) is 16.6 Å². The molecule has 0 atom stereocenters. The zero-order valence-electron chi connectivity index (χ0n) is 14.8. The van der Waals surface area contributed by atoms with Gasteiger partial charge in [0.25, 0.3) is 10.2 Å². The fourth-order valence-electron chi connectivity index (χ4n) is 3.24. The van der Waals surface area contributed by atoms with Crippen LogP contribution >= 0.6 is 0 Å². The second kappa shape index (κ2) is 7.64. The quantitative estimate of drug-likeness (QED) is 0.825. The Morgan fingerprint density at radius 2 is 1.72 bits per heavy atom. The molecule has 0 unspecified atom stereocenters. The SMILES string of the molecule is CN(C)S(=O)(=O)N1CCC(c2cccc(Cc3ccccc3)n2)CC1. The minimum atomic E-state index is -3.31. The summed E-state index contributed by atoms with van der Waals surface area (Å²) in [6.07, 6.45) is 2.45. The summed E-state index contributed by atoms with van der Waals surface area (Å²) < 4.78 is 27.3. The molecule has 25 heavy (non-hydrogen) atoms. The highest BCUT2D eigenvalue weighted by Gasteiger charge is 2.30. The first kappa shape index (κ1) is 18.0. The third-order valence-corrected chi connectivity index (χ3v) is 6.66. The normalized spacial score (nSPS) is 17.1. The Hall–Kier alpha value is -1.76. The molecule has 1 aliphatic rings. The van der Waals surface area contributed by atoms with Gasteiger partial charge in [0.15, 0.2) is 0 Å². The lowest BCUT2D eigenvalue weighted by molar-refractivity contribution is 0.300. The molecule has 0 bridgehead atoms. The first-order chi connectivity index (χ1) is 12.0. The molecule has 1 aliphatic heterocycles. The van der Waals surface area contributed by atoms with Gasteiger partial charge in [-0.2, -0.15) is 17.0 Å². The van der Waals surface area contributed by atoms with Gasteiger partial charge in [-0.1, -0.05) is 36.4 Å². The van der Waals surface area contributed by atoms with E-state index in [4.69, 9.17) is 4.98 Å². The molecule has 2 aromatic rings. The van der Waals surface area contributed by atoms with Crippen molar-refractivity contribution in [3.8, 4) is 0 Å². The van der Waals surface area contributed by atoms with Crippen LogP contribution in [0, 0.1) is 0 Å². The topological polar surface area (TPSA) is 53.5 Å². The fraction of sp³-hybridized carbons (Fsp3) is 0.421. The van der Waals surface area contributed by atoms with Crippen molar-refractivity contribution in [3.05, 3.63) is 65.5 Å². The zero-order chi connectivity index (χ0) is 17.9. The summed E-state index contributed by atoms with van der Waals surface area (Å²) >= 11 is 0. The van der Waals surface area contributed by atoms with Gasteiger partial charge in [0.05, 0.1) is 0 Å². The van der Waals surface area contributed by atoms with E-state index in [1.807, 2.05) is 18.2 Å². The van der Waals surface area contributed by atoms with Crippen LogP contribution in [0.25, 0.3) is 0 Å². The van der Waals surface area contributed by atoms with Crippen molar-refractivity contribution in [2.75, 3.05) is 27.2 Å². The van der Waals surface area contributed by atoms with Crippen LogP contribution in [0.4, 0.5) is 0 Å². The van der Waals surface area contributed by atoms with Crippen molar-refractivity contribution in [1.29, 1.82) is 0 Å². The molecule has 1 aromatic heterocycles. The molecule has 6 heteroatoms. The minimum Gasteiger partial charge on any atom is -0.257 e. The maximum atomic E-state index is 12.2. The smallest absolute Gasteiger partial charge is 0.257 e. The Kier molecular flexibility index (Phi) is 5.51. The van der Waals surface area contributed by atoms with Gasteiger partial charge in [0, 0.05) is 50.9 Å². The molecule has 0 saturated carbocycles. The van der Waals surface area contributed by atoms with E-state index in [9.17, 15) is 8.42 Å². The van der Waals surface area contributed by atoms with E-state index in [1.54, 1.807) is 18.4 Å². The Balaban J connectivity index is 1.67. The van der Waals surface area contributed by atoms with Gasteiger partial charge in [0.1, 0.15) is 0 Å². The van der Waals surface area contributed by atoms with Gasteiger partial charge in [-0.25, -0.2) is 0 Å². The van der Waals surface area contributed by atoms with Gasteiger partial charge < -0.3 is 0 Å². The van der Waals surface area contributed by atoms with Crippen LogP contribution in [-0.4, -0.2) is 49.2 Å². The van der Waals surface area contributed by atoms with Gasteiger partial charge in [-0.15, -0.1) is 0 Å². The summed E-state index contributed by atoms with van der Waals surface area (Å²) in [5, 5.41) is 0. The molecule has 5 nitrogen and oxygen atoms in total. The number of aromatic nitrogens is 1. The summed E-state index contributed by atoms with van der Waals surface area (Å²) in [5.74, 6) is 0.323. The fourth-order valence-corrected chi connectivity index (χ4v) is 4.38. The molecule has 1 fully saturated rings. The third-order valence-electron chi connectivity index (χ3n) is 4.72. The third kappa shape index (κ3) is 4.26. The largest absolute Gasteiger partial charge is 0.281 e. The number of benzene rings is 1. The van der Waals surface area contributed by atoms with Crippen molar-refractivity contribution in [2.24, 2.45) is 0 Å². The monoisotopic (exact) mass is 359 g/mol. The van der Waals surface area contributed by atoms with E-state index < -0.39 is 10.2 Å². The maximum Gasteiger partial charge on any atom is 0.281 e. The van der Waals surface area contributed by atoms with Crippen LogP contribution < -0.4 is 0 Å². The van der Waals surface area contributed by atoms with Crippen molar-refractivity contribution in [3.63, 3.8) is 0 Å². The molecule has 1 saturated heterocycles. The highest BCUT2D eigenvalue weighted by atomic mass is 32.2. The van der Waals surface area contributed by atoms with E-state index in [0.717, 1.165) is 30.7 Å². The molecule has 0 N–H and O–H groups in total. The van der Waals surface area contributed by atoms with Crippen molar-refractivity contribution < 1.29 is 8.42 Å². The summed E-state index contributed by atoms with van der Waals surface area (Å²) in [6, 6.07) is 16.5. The highest BCUT2D eigenvalue weighted by molar-refractivity contribution is 7.86. The Bertz CT molecular complexity index is 798. The molecule has 0 amide bonds. The maximum absolute atomic E-state index is 12.2. The predicted molar refractivity (Wildman–Crippen MR) is 99.6 cm³/mol.